The number of pyridine rings is 1. The zero-order valence-electron chi connectivity index (χ0n) is 13.4. The van der Waals surface area contributed by atoms with Crippen LogP contribution in [0.1, 0.15) is 28.9 Å². The van der Waals surface area contributed by atoms with Gasteiger partial charge in [0, 0.05) is 15.5 Å². The van der Waals surface area contributed by atoms with Gasteiger partial charge in [-0.15, -0.1) is 11.3 Å². The lowest BCUT2D eigenvalue weighted by molar-refractivity contribution is 0.122. The molecule has 0 radical (unpaired) electrons. The number of fused-ring (bicyclic) bond motifs is 1. The zero-order chi connectivity index (χ0) is 19.1. The average Bonchev–Trinajstić information content (AvgIpc) is 3.29. The fraction of sp³-hybridized carbons (Fsp3) is 0.118. The molecule has 0 spiro atoms. The van der Waals surface area contributed by atoms with E-state index in [2.05, 4.69) is 30.9 Å². The second-order valence-electron chi connectivity index (χ2n) is 5.58. The summed E-state index contributed by atoms with van der Waals surface area (Å²) < 4.78 is 31.2. The van der Waals surface area contributed by atoms with Gasteiger partial charge >= 0.3 is 0 Å². The number of nitrogens with two attached hydrogens (primary N) is 1. The van der Waals surface area contributed by atoms with Crippen molar-refractivity contribution in [2.24, 2.45) is 0 Å². The van der Waals surface area contributed by atoms with Crippen LogP contribution in [-0.4, -0.2) is 20.1 Å². The van der Waals surface area contributed by atoms with Crippen LogP contribution in [0.15, 0.2) is 45.4 Å². The molecule has 0 aliphatic heterocycles. The summed E-state index contributed by atoms with van der Waals surface area (Å²) in [5, 5.41) is 11.2. The first-order chi connectivity index (χ1) is 12.9. The fourth-order valence-electron chi connectivity index (χ4n) is 2.53. The molecule has 4 rings (SSSR count). The molecular weight excluding hydrogens is 442 g/mol. The molecule has 0 amide bonds. The molecule has 138 valence electrons. The molecular formula is C17H11BrF2N4O2S. The number of alkyl halides is 2. The largest absolute Gasteiger partial charge is 0.452 e. The first-order valence-corrected chi connectivity index (χ1v) is 9.28. The number of halogens is 3. The van der Waals surface area contributed by atoms with Crippen molar-refractivity contribution in [3.8, 4) is 11.6 Å². The van der Waals surface area contributed by atoms with E-state index in [9.17, 15) is 13.9 Å². The Morgan fingerprint density at radius 2 is 2.04 bits per heavy atom. The monoisotopic (exact) mass is 452 g/mol. The smallest absolute Gasteiger partial charge is 0.295 e. The molecule has 0 bridgehead atoms. The van der Waals surface area contributed by atoms with Crippen LogP contribution in [0.4, 0.5) is 14.6 Å². The van der Waals surface area contributed by atoms with Crippen molar-refractivity contribution in [1.82, 2.24) is 15.0 Å². The number of anilines is 1. The minimum atomic E-state index is -2.72. The Morgan fingerprint density at radius 3 is 2.74 bits per heavy atom. The maximum atomic E-state index is 12.7. The lowest BCUT2D eigenvalue weighted by Crippen LogP contribution is -2.00. The summed E-state index contributed by atoms with van der Waals surface area (Å²) in [6.07, 6.45) is -2.11. The lowest BCUT2D eigenvalue weighted by Gasteiger charge is -2.08. The summed E-state index contributed by atoms with van der Waals surface area (Å²) in [5.74, 6) is -0.0926. The molecule has 0 aliphatic rings. The normalized spacial score (nSPS) is 12.8. The zero-order valence-corrected chi connectivity index (χ0v) is 15.8. The molecule has 1 unspecified atom stereocenters. The maximum Gasteiger partial charge on any atom is 0.295 e. The quantitative estimate of drug-likeness (QED) is 0.465. The SMILES string of the molecule is Nc1nc(-c2ccc(C(F)F)o2)nc2sc(C(O)c3ncccc3Br)cc12. The first-order valence-electron chi connectivity index (χ1n) is 7.67. The van der Waals surface area contributed by atoms with E-state index in [-0.39, 0.29) is 17.4 Å². The van der Waals surface area contributed by atoms with Gasteiger partial charge in [-0.3, -0.25) is 4.98 Å². The van der Waals surface area contributed by atoms with Gasteiger partial charge in [-0.1, -0.05) is 0 Å². The molecule has 1 atom stereocenters. The van der Waals surface area contributed by atoms with Crippen molar-refractivity contribution in [3.63, 3.8) is 0 Å². The van der Waals surface area contributed by atoms with Crippen LogP contribution in [0.3, 0.4) is 0 Å². The second kappa shape index (κ2) is 6.95. The van der Waals surface area contributed by atoms with Crippen molar-refractivity contribution in [2.75, 3.05) is 5.73 Å². The third-order valence-electron chi connectivity index (χ3n) is 3.82. The van der Waals surface area contributed by atoms with Crippen LogP contribution in [0, 0.1) is 0 Å². The van der Waals surface area contributed by atoms with Gasteiger partial charge in [0.2, 0.25) is 0 Å². The summed E-state index contributed by atoms with van der Waals surface area (Å²) in [7, 11) is 0. The summed E-state index contributed by atoms with van der Waals surface area (Å²) in [5.41, 5.74) is 6.46. The number of aliphatic hydroxyl groups is 1. The Kier molecular flexibility index (Phi) is 4.62. The highest BCUT2D eigenvalue weighted by Crippen LogP contribution is 2.37. The Balaban J connectivity index is 1.76. The van der Waals surface area contributed by atoms with Crippen molar-refractivity contribution in [3.05, 3.63) is 57.3 Å². The van der Waals surface area contributed by atoms with Gasteiger partial charge in [-0.25, -0.2) is 18.7 Å². The summed E-state index contributed by atoms with van der Waals surface area (Å²) in [6.45, 7) is 0. The van der Waals surface area contributed by atoms with E-state index in [1.807, 2.05) is 0 Å². The van der Waals surface area contributed by atoms with Gasteiger partial charge in [-0.2, -0.15) is 0 Å². The van der Waals surface area contributed by atoms with Crippen molar-refractivity contribution < 1.29 is 18.3 Å². The second-order valence-corrected chi connectivity index (χ2v) is 7.49. The van der Waals surface area contributed by atoms with Crippen LogP contribution < -0.4 is 5.73 Å². The van der Waals surface area contributed by atoms with Gasteiger partial charge < -0.3 is 15.3 Å². The minimum absolute atomic E-state index is 0.0990. The highest BCUT2D eigenvalue weighted by molar-refractivity contribution is 9.10. The summed E-state index contributed by atoms with van der Waals surface area (Å²) >= 11 is 4.58. The molecule has 4 aromatic rings. The van der Waals surface area contributed by atoms with Gasteiger partial charge in [0.05, 0.1) is 11.1 Å². The Bertz CT molecular complexity index is 1130. The Morgan fingerprint density at radius 1 is 1.22 bits per heavy atom. The lowest BCUT2D eigenvalue weighted by atomic mass is 10.2. The molecule has 0 fully saturated rings. The van der Waals surface area contributed by atoms with Gasteiger partial charge in [-0.05, 0) is 46.3 Å². The van der Waals surface area contributed by atoms with E-state index in [1.54, 1.807) is 24.4 Å². The Hall–Kier alpha value is -2.43. The minimum Gasteiger partial charge on any atom is -0.452 e. The predicted octanol–water partition coefficient (Wildman–Crippen LogP) is 4.71. The highest BCUT2D eigenvalue weighted by atomic mass is 79.9. The van der Waals surface area contributed by atoms with Crippen molar-refractivity contribution in [1.29, 1.82) is 0 Å². The third-order valence-corrected chi connectivity index (χ3v) is 5.57. The van der Waals surface area contributed by atoms with Crippen LogP contribution in [0.25, 0.3) is 21.8 Å². The average molecular weight is 453 g/mol. The van der Waals surface area contributed by atoms with E-state index in [0.29, 0.717) is 25.3 Å². The van der Waals surface area contributed by atoms with Crippen LogP contribution >= 0.6 is 27.3 Å². The van der Waals surface area contributed by atoms with Crippen molar-refractivity contribution in [2.45, 2.75) is 12.5 Å². The summed E-state index contributed by atoms with van der Waals surface area (Å²) in [6, 6.07) is 7.76. The van der Waals surface area contributed by atoms with E-state index in [1.165, 1.54) is 23.5 Å². The number of hydrogen-bond acceptors (Lipinski definition) is 7. The number of rotatable bonds is 4. The number of aromatic nitrogens is 3. The van der Waals surface area contributed by atoms with Crippen LogP contribution in [0.2, 0.25) is 0 Å². The van der Waals surface area contributed by atoms with E-state index in [0.717, 1.165) is 0 Å². The van der Waals surface area contributed by atoms with Gasteiger partial charge in [0.15, 0.2) is 17.3 Å². The predicted molar refractivity (Wildman–Crippen MR) is 100 cm³/mol. The third kappa shape index (κ3) is 3.31. The standard InChI is InChI=1S/C17H11BrF2N4O2S/c18-8-2-1-5-22-12(8)13(25)11-6-7-15(21)23-16(24-17(7)27-11)10-4-3-9(26-10)14(19)20/h1-6,13-14,25H,(H2,21,23,24). The topological polar surface area (TPSA) is 98.1 Å². The van der Waals surface area contributed by atoms with Gasteiger partial charge in [0.1, 0.15) is 16.8 Å². The fourth-order valence-corrected chi connectivity index (χ4v) is 4.03. The number of hydrogen-bond donors (Lipinski definition) is 2. The molecule has 0 aromatic carbocycles. The first kappa shape index (κ1) is 18.0. The number of furan rings is 1. The van der Waals surface area contributed by atoms with E-state index in [4.69, 9.17) is 10.2 Å². The van der Waals surface area contributed by atoms with Crippen LogP contribution in [-0.2, 0) is 0 Å². The molecule has 4 heterocycles. The number of thiophene rings is 1. The number of nitrogen functional groups attached to an aromatic ring is 1. The maximum absolute atomic E-state index is 12.7. The molecule has 4 aromatic heterocycles. The molecule has 6 nitrogen and oxygen atoms in total. The Labute approximate surface area is 163 Å². The number of nitrogens with zero attached hydrogens (tertiary/aromatic N) is 3. The number of aliphatic hydroxyl groups excluding tert-OH is 1. The highest BCUT2D eigenvalue weighted by Gasteiger charge is 2.21. The molecule has 0 saturated carbocycles. The summed E-state index contributed by atoms with van der Waals surface area (Å²) in [4.78, 5) is 13.8. The molecule has 27 heavy (non-hydrogen) atoms. The van der Waals surface area contributed by atoms with Crippen molar-refractivity contribution >= 4 is 43.3 Å². The molecule has 3 N–H and O–H groups in total. The van der Waals surface area contributed by atoms with E-state index < -0.39 is 18.3 Å². The van der Waals surface area contributed by atoms with Gasteiger partial charge in [0.25, 0.3) is 6.43 Å². The van der Waals surface area contributed by atoms with E-state index >= 15 is 0 Å². The molecule has 10 heteroatoms. The van der Waals surface area contributed by atoms with Crippen LogP contribution in [0.5, 0.6) is 0 Å². The molecule has 0 aliphatic carbocycles. The molecule has 0 saturated heterocycles.